The summed E-state index contributed by atoms with van der Waals surface area (Å²) in [6.07, 6.45) is 73.2. The lowest BCUT2D eigenvalue weighted by atomic mass is 10.0. The van der Waals surface area contributed by atoms with E-state index in [0.29, 0.717) is 19.4 Å². The fourth-order valence-corrected chi connectivity index (χ4v) is 9.43. The van der Waals surface area contributed by atoms with Gasteiger partial charge in [0.15, 0.2) is 0 Å². The van der Waals surface area contributed by atoms with E-state index in [2.05, 4.69) is 43.5 Å². The molecular formula is C63H119NO5. The molecule has 0 aromatic carbocycles. The van der Waals surface area contributed by atoms with E-state index in [-0.39, 0.29) is 18.5 Å². The number of carbonyl (C=O) groups excluding carboxylic acids is 2. The van der Waals surface area contributed by atoms with Gasteiger partial charge in [-0.25, -0.2) is 0 Å². The summed E-state index contributed by atoms with van der Waals surface area (Å²) in [7, 11) is 0. The Morgan fingerprint density at radius 3 is 1.10 bits per heavy atom. The molecule has 406 valence electrons. The molecule has 6 nitrogen and oxygen atoms in total. The Hall–Kier alpha value is -1.92. The Morgan fingerprint density at radius 1 is 0.406 bits per heavy atom. The molecule has 0 saturated carbocycles. The minimum Gasteiger partial charge on any atom is -0.466 e. The molecule has 0 aromatic rings. The molecule has 0 aliphatic rings. The third kappa shape index (κ3) is 55.2. The molecule has 0 aliphatic heterocycles. The van der Waals surface area contributed by atoms with Crippen molar-refractivity contribution in [1.29, 1.82) is 0 Å². The van der Waals surface area contributed by atoms with E-state index in [4.69, 9.17) is 4.74 Å². The lowest BCUT2D eigenvalue weighted by Gasteiger charge is -2.20. The van der Waals surface area contributed by atoms with Crippen LogP contribution in [0.1, 0.15) is 328 Å². The number of rotatable bonds is 57. The fourth-order valence-electron chi connectivity index (χ4n) is 9.43. The molecule has 0 rings (SSSR count). The molecule has 2 unspecified atom stereocenters. The van der Waals surface area contributed by atoms with E-state index >= 15 is 0 Å². The van der Waals surface area contributed by atoms with Gasteiger partial charge in [-0.05, 0) is 70.6 Å². The number of hydrogen-bond acceptors (Lipinski definition) is 5. The molecule has 0 radical (unpaired) electrons. The Balaban J connectivity index is 3.51. The van der Waals surface area contributed by atoms with E-state index in [1.165, 1.54) is 218 Å². The van der Waals surface area contributed by atoms with Crippen molar-refractivity contribution in [2.45, 2.75) is 341 Å². The van der Waals surface area contributed by atoms with Crippen LogP contribution in [0.2, 0.25) is 0 Å². The van der Waals surface area contributed by atoms with Crippen molar-refractivity contribution in [2.24, 2.45) is 0 Å². The minimum atomic E-state index is -0.856. The van der Waals surface area contributed by atoms with E-state index in [1.807, 2.05) is 6.08 Å². The first-order valence-corrected chi connectivity index (χ1v) is 30.8. The molecule has 3 N–H and O–H groups in total. The summed E-state index contributed by atoms with van der Waals surface area (Å²) in [5, 5.41) is 23.2. The number of esters is 1. The first-order chi connectivity index (χ1) is 34.0. The summed E-state index contributed by atoms with van der Waals surface area (Å²) in [5.74, 6) is -0.0948. The summed E-state index contributed by atoms with van der Waals surface area (Å²) >= 11 is 0. The van der Waals surface area contributed by atoms with Crippen LogP contribution in [0.5, 0.6) is 0 Å². The highest BCUT2D eigenvalue weighted by Crippen LogP contribution is 2.17. The highest BCUT2D eigenvalue weighted by Gasteiger charge is 2.18. The molecule has 0 aliphatic carbocycles. The van der Waals surface area contributed by atoms with Gasteiger partial charge in [-0.2, -0.15) is 0 Å². The van der Waals surface area contributed by atoms with Crippen LogP contribution in [0.25, 0.3) is 0 Å². The van der Waals surface area contributed by atoms with Crippen LogP contribution in [0.15, 0.2) is 36.5 Å². The van der Waals surface area contributed by atoms with Gasteiger partial charge < -0.3 is 20.3 Å². The third-order valence-electron chi connectivity index (χ3n) is 14.2. The van der Waals surface area contributed by atoms with Crippen LogP contribution in [-0.2, 0) is 14.3 Å². The highest BCUT2D eigenvalue weighted by molar-refractivity contribution is 5.76. The number of aliphatic hydroxyl groups excluding tert-OH is 2. The molecule has 0 heterocycles. The second kappa shape index (κ2) is 58.6. The van der Waals surface area contributed by atoms with E-state index in [1.54, 1.807) is 6.08 Å². The zero-order chi connectivity index (χ0) is 50.0. The van der Waals surface area contributed by atoms with Crippen LogP contribution >= 0.6 is 0 Å². The molecule has 0 fully saturated rings. The van der Waals surface area contributed by atoms with Crippen LogP contribution in [0.4, 0.5) is 0 Å². The molecular weight excluding hydrogens is 851 g/mol. The minimum absolute atomic E-state index is 0.0128. The standard InChI is InChI=1S/C63H119NO5/c1-3-5-7-9-11-13-15-17-19-21-22-24-27-31-35-39-43-47-51-55-61(66)60(59-65)64-62(67)56-52-48-44-40-36-32-28-25-23-26-30-34-38-42-46-50-54-58-69-63(68)57-53-49-45-41-37-33-29-20-18-16-14-12-10-8-6-4-2/h23,26,34,38,51,55,60-61,65-66H,3-22,24-25,27-33,35-37,39-50,52-54,56-59H2,1-2H3,(H,64,67)/b26-23-,38-34-,55-51+. The predicted octanol–water partition coefficient (Wildman–Crippen LogP) is 19.2. The number of allylic oxidation sites excluding steroid dienone is 5. The van der Waals surface area contributed by atoms with Crippen LogP contribution < -0.4 is 5.32 Å². The smallest absolute Gasteiger partial charge is 0.305 e. The molecule has 0 spiro atoms. The zero-order valence-corrected chi connectivity index (χ0v) is 46.3. The predicted molar refractivity (Wildman–Crippen MR) is 301 cm³/mol. The SMILES string of the molecule is CCCCCCCCCCCCCCCCCCC/C=C/C(O)C(CO)NC(=O)CCCCCCCCC/C=C\C/C=C\CCCCCOC(=O)CCCCCCCCCCCCCCCCCC. The second-order valence-electron chi connectivity index (χ2n) is 21.0. The molecule has 0 saturated heterocycles. The second-order valence-corrected chi connectivity index (χ2v) is 21.0. The molecule has 6 heteroatoms. The van der Waals surface area contributed by atoms with Crippen LogP contribution in [-0.4, -0.2) is 47.4 Å². The largest absolute Gasteiger partial charge is 0.466 e. The number of unbranched alkanes of at least 4 members (excludes halogenated alkanes) is 42. The maximum atomic E-state index is 12.5. The van der Waals surface area contributed by atoms with Gasteiger partial charge in [0, 0.05) is 12.8 Å². The van der Waals surface area contributed by atoms with Crippen molar-refractivity contribution >= 4 is 11.9 Å². The monoisotopic (exact) mass is 970 g/mol. The Bertz CT molecular complexity index is 1120. The molecule has 0 aromatic heterocycles. The van der Waals surface area contributed by atoms with Crippen molar-refractivity contribution < 1.29 is 24.5 Å². The number of amides is 1. The quantitative estimate of drug-likeness (QED) is 0.0321. The van der Waals surface area contributed by atoms with Crippen molar-refractivity contribution in [3.63, 3.8) is 0 Å². The number of aliphatic hydroxyl groups is 2. The zero-order valence-electron chi connectivity index (χ0n) is 46.3. The van der Waals surface area contributed by atoms with E-state index < -0.39 is 12.1 Å². The first-order valence-electron chi connectivity index (χ1n) is 30.8. The number of ether oxygens (including phenoxy) is 1. The maximum absolute atomic E-state index is 12.5. The van der Waals surface area contributed by atoms with Gasteiger partial charge in [0.25, 0.3) is 0 Å². The summed E-state index contributed by atoms with van der Waals surface area (Å²) in [4.78, 5) is 24.5. The van der Waals surface area contributed by atoms with E-state index in [9.17, 15) is 19.8 Å². The number of nitrogens with one attached hydrogen (secondary N) is 1. The molecule has 0 bridgehead atoms. The Kier molecular flexibility index (Phi) is 57.0. The topological polar surface area (TPSA) is 95.9 Å². The van der Waals surface area contributed by atoms with Crippen molar-refractivity contribution in [3.8, 4) is 0 Å². The molecule has 1 amide bonds. The number of carbonyl (C=O) groups is 2. The lowest BCUT2D eigenvalue weighted by molar-refractivity contribution is -0.143. The average molecular weight is 971 g/mol. The van der Waals surface area contributed by atoms with Crippen LogP contribution in [0, 0.1) is 0 Å². The Labute approximate surface area is 430 Å². The average Bonchev–Trinajstić information content (AvgIpc) is 3.35. The fraction of sp³-hybridized carbons (Fsp3) is 0.873. The van der Waals surface area contributed by atoms with Gasteiger partial charge in [0.2, 0.25) is 5.91 Å². The van der Waals surface area contributed by atoms with Gasteiger partial charge in [-0.3, -0.25) is 9.59 Å². The van der Waals surface area contributed by atoms with Gasteiger partial charge in [-0.15, -0.1) is 0 Å². The highest BCUT2D eigenvalue weighted by atomic mass is 16.5. The summed E-state index contributed by atoms with van der Waals surface area (Å²) in [6.45, 7) is 4.88. The maximum Gasteiger partial charge on any atom is 0.305 e. The number of hydrogen-bond donors (Lipinski definition) is 3. The summed E-state index contributed by atoms with van der Waals surface area (Å²) < 4.78 is 5.46. The van der Waals surface area contributed by atoms with E-state index in [0.717, 1.165) is 83.5 Å². The van der Waals surface area contributed by atoms with Crippen molar-refractivity contribution in [2.75, 3.05) is 13.2 Å². The van der Waals surface area contributed by atoms with Crippen LogP contribution in [0.3, 0.4) is 0 Å². The summed E-state index contributed by atoms with van der Waals surface area (Å²) in [6, 6.07) is -0.641. The van der Waals surface area contributed by atoms with Gasteiger partial charge >= 0.3 is 5.97 Å². The lowest BCUT2D eigenvalue weighted by Crippen LogP contribution is -2.45. The molecule has 2 atom stereocenters. The normalized spacial score (nSPS) is 12.8. The first kappa shape index (κ1) is 67.1. The molecule has 69 heavy (non-hydrogen) atoms. The Morgan fingerprint density at radius 2 is 0.725 bits per heavy atom. The van der Waals surface area contributed by atoms with Crippen molar-refractivity contribution in [3.05, 3.63) is 36.5 Å². The van der Waals surface area contributed by atoms with Crippen molar-refractivity contribution in [1.82, 2.24) is 5.32 Å². The third-order valence-corrected chi connectivity index (χ3v) is 14.2. The van der Waals surface area contributed by atoms with Gasteiger partial charge in [0.05, 0.1) is 25.4 Å². The van der Waals surface area contributed by atoms with Gasteiger partial charge in [0.1, 0.15) is 0 Å². The summed E-state index contributed by atoms with van der Waals surface area (Å²) in [5.41, 5.74) is 0. The van der Waals surface area contributed by atoms with Gasteiger partial charge in [-0.1, -0.05) is 281 Å².